The SMILES string of the molecule is C1=C(c2ccccc2)CC2OC1(C1CCCCC1)Cc1ccccc12. The topological polar surface area (TPSA) is 9.23 Å². The minimum atomic E-state index is -0.0944. The van der Waals surface area contributed by atoms with Crippen molar-refractivity contribution in [2.24, 2.45) is 5.92 Å². The highest BCUT2D eigenvalue weighted by Gasteiger charge is 2.47. The van der Waals surface area contributed by atoms with E-state index in [-0.39, 0.29) is 11.7 Å². The fourth-order valence-corrected chi connectivity index (χ4v) is 5.27. The molecule has 1 aliphatic carbocycles. The highest BCUT2D eigenvalue weighted by atomic mass is 16.5. The molecule has 0 N–H and O–H groups in total. The zero-order chi connectivity index (χ0) is 16.7. The molecule has 0 saturated heterocycles. The van der Waals surface area contributed by atoms with Gasteiger partial charge < -0.3 is 4.74 Å². The first-order chi connectivity index (χ1) is 12.3. The van der Waals surface area contributed by atoms with Crippen LogP contribution in [0.25, 0.3) is 5.57 Å². The van der Waals surface area contributed by atoms with E-state index in [2.05, 4.69) is 60.7 Å². The van der Waals surface area contributed by atoms with E-state index in [1.54, 1.807) is 0 Å². The minimum absolute atomic E-state index is 0.0944. The van der Waals surface area contributed by atoms with Crippen LogP contribution >= 0.6 is 0 Å². The summed E-state index contributed by atoms with van der Waals surface area (Å²) in [5.41, 5.74) is 5.68. The van der Waals surface area contributed by atoms with E-state index in [4.69, 9.17) is 4.74 Å². The van der Waals surface area contributed by atoms with Crippen LogP contribution in [0.4, 0.5) is 0 Å². The third-order valence-electron chi connectivity index (χ3n) is 6.50. The summed E-state index contributed by atoms with van der Waals surface area (Å²) >= 11 is 0. The number of fused-ring (bicyclic) bond motifs is 4. The van der Waals surface area contributed by atoms with Crippen LogP contribution in [0.3, 0.4) is 0 Å². The van der Waals surface area contributed by atoms with Crippen molar-refractivity contribution in [1.82, 2.24) is 0 Å². The van der Waals surface area contributed by atoms with E-state index in [9.17, 15) is 0 Å². The summed E-state index contributed by atoms with van der Waals surface area (Å²) in [4.78, 5) is 0. The maximum atomic E-state index is 6.85. The van der Waals surface area contributed by atoms with Crippen LogP contribution in [-0.2, 0) is 11.2 Å². The lowest BCUT2D eigenvalue weighted by Crippen LogP contribution is -2.48. The van der Waals surface area contributed by atoms with Crippen molar-refractivity contribution in [1.29, 1.82) is 0 Å². The predicted octanol–water partition coefficient (Wildman–Crippen LogP) is 6.11. The van der Waals surface area contributed by atoms with Crippen molar-refractivity contribution < 1.29 is 4.74 Å². The van der Waals surface area contributed by atoms with Crippen LogP contribution in [0.15, 0.2) is 60.7 Å². The van der Waals surface area contributed by atoms with Gasteiger partial charge in [0.2, 0.25) is 0 Å². The molecular formula is C24H26O. The molecule has 2 aromatic carbocycles. The summed E-state index contributed by atoms with van der Waals surface area (Å²) in [5, 5.41) is 0. The fraction of sp³-hybridized carbons (Fsp3) is 0.417. The molecule has 3 aliphatic rings. The molecule has 1 nitrogen and oxygen atoms in total. The van der Waals surface area contributed by atoms with Gasteiger partial charge in [-0.15, -0.1) is 0 Å². The van der Waals surface area contributed by atoms with E-state index >= 15 is 0 Å². The molecule has 0 aromatic heterocycles. The first kappa shape index (κ1) is 15.4. The number of benzene rings is 2. The average molecular weight is 330 g/mol. The van der Waals surface area contributed by atoms with Crippen molar-refractivity contribution in [3.05, 3.63) is 77.4 Å². The molecule has 2 unspecified atom stereocenters. The average Bonchev–Trinajstić information content (AvgIpc) is 2.69. The molecule has 128 valence electrons. The normalized spacial score (nSPS) is 29.0. The van der Waals surface area contributed by atoms with Crippen LogP contribution in [0.1, 0.15) is 61.3 Å². The van der Waals surface area contributed by atoms with Crippen LogP contribution in [0.2, 0.25) is 0 Å². The smallest absolute Gasteiger partial charge is 0.0945 e. The van der Waals surface area contributed by atoms with Gasteiger partial charge in [-0.05, 0) is 47.1 Å². The maximum absolute atomic E-state index is 6.85. The second kappa shape index (κ2) is 6.14. The maximum Gasteiger partial charge on any atom is 0.0945 e. The number of rotatable bonds is 2. The Hall–Kier alpha value is -1.86. The highest BCUT2D eigenvalue weighted by molar-refractivity contribution is 5.69. The summed E-state index contributed by atoms with van der Waals surface area (Å²) in [6.45, 7) is 0. The Balaban J connectivity index is 1.62. The van der Waals surface area contributed by atoms with Gasteiger partial charge in [-0.3, -0.25) is 0 Å². The summed E-state index contributed by atoms with van der Waals surface area (Å²) in [6, 6.07) is 19.9. The first-order valence-electron chi connectivity index (χ1n) is 9.87. The second-order valence-electron chi connectivity index (χ2n) is 8.01. The predicted molar refractivity (Wildman–Crippen MR) is 102 cm³/mol. The molecule has 2 atom stereocenters. The molecule has 0 spiro atoms. The van der Waals surface area contributed by atoms with Crippen molar-refractivity contribution >= 4 is 5.57 Å². The van der Waals surface area contributed by atoms with E-state index < -0.39 is 0 Å². The van der Waals surface area contributed by atoms with Crippen LogP contribution in [-0.4, -0.2) is 5.60 Å². The molecule has 1 heteroatoms. The van der Waals surface area contributed by atoms with Crippen molar-refractivity contribution in [3.63, 3.8) is 0 Å². The van der Waals surface area contributed by atoms with Gasteiger partial charge in [0.1, 0.15) is 0 Å². The quantitative estimate of drug-likeness (QED) is 0.646. The van der Waals surface area contributed by atoms with Gasteiger partial charge in [0, 0.05) is 12.8 Å². The molecule has 1 saturated carbocycles. The molecular weight excluding hydrogens is 304 g/mol. The third-order valence-corrected chi connectivity index (χ3v) is 6.50. The second-order valence-corrected chi connectivity index (χ2v) is 8.01. The van der Waals surface area contributed by atoms with Crippen molar-refractivity contribution in [2.45, 2.75) is 56.7 Å². The zero-order valence-corrected chi connectivity index (χ0v) is 14.8. The van der Waals surface area contributed by atoms with Gasteiger partial charge in [0.15, 0.2) is 0 Å². The molecule has 0 amide bonds. The van der Waals surface area contributed by atoms with Gasteiger partial charge in [-0.25, -0.2) is 0 Å². The molecule has 2 bridgehead atoms. The lowest BCUT2D eigenvalue weighted by Gasteiger charge is -2.50. The zero-order valence-electron chi connectivity index (χ0n) is 14.8. The highest BCUT2D eigenvalue weighted by Crippen LogP contribution is 2.52. The molecule has 1 fully saturated rings. The van der Waals surface area contributed by atoms with Crippen molar-refractivity contribution in [3.8, 4) is 0 Å². The largest absolute Gasteiger partial charge is 0.362 e. The number of hydrogen-bond donors (Lipinski definition) is 0. The Labute approximate surface area is 150 Å². The lowest BCUT2D eigenvalue weighted by atomic mass is 9.68. The molecule has 0 radical (unpaired) electrons. The Morgan fingerprint density at radius 1 is 0.840 bits per heavy atom. The number of hydrogen-bond acceptors (Lipinski definition) is 1. The van der Waals surface area contributed by atoms with E-state index in [0.717, 1.165) is 12.8 Å². The summed E-state index contributed by atoms with van der Waals surface area (Å²) in [7, 11) is 0. The van der Waals surface area contributed by atoms with Crippen molar-refractivity contribution in [2.75, 3.05) is 0 Å². The standard InChI is InChI=1S/C24H26O/c1-3-9-18(10-4-1)20-15-23-22-14-8-7-11-19(22)16-24(17-20,25-23)21-12-5-2-6-13-21/h1,3-4,7-11,14,17,21,23H,2,5-6,12-13,15-16H2. The molecule has 2 aromatic rings. The lowest BCUT2D eigenvalue weighted by molar-refractivity contribution is -0.121. The van der Waals surface area contributed by atoms with E-state index in [0.29, 0.717) is 5.92 Å². The van der Waals surface area contributed by atoms with Gasteiger partial charge in [-0.1, -0.05) is 73.9 Å². The molecule has 2 aliphatic heterocycles. The van der Waals surface area contributed by atoms with Gasteiger partial charge in [0.05, 0.1) is 11.7 Å². The summed E-state index contributed by atoms with van der Waals surface area (Å²) < 4.78 is 6.85. The number of ether oxygens (including phenoxy) is 1. The summed E-state index contributed by atoms with van der Waals surface area (Å²) in [6.07, 6.45) is 11.5. The minimum Gasteiger partial charge on any atom is -0.362 e. The van der Waals surface area contributed by atoms with Crippen LogP contribution in [0, 0.1) is 5.92 Å². The Morgan fingerprint density at radius 3 is 2.44 bits per heavy atom. The van der Waals surface area contributed by atoms with Crippen LogP contribution < -0.4 is 0 Å². The van der Waals surface area contributed by atoms with Gasteiger partial charge in [0.25, 0.3) is 0 Å². The molecule has 5 rings (SSSR count). The van der Waals surface area contributed by atoms with Gasteiger partial charge >= 0.3 is 0 Å². The van der Waals surface area contributed by atoms with E-state index in [1.807, 2.05) is 0 Å². The Kier molecular flexibility index (Phi) is 3.78. The van der Waals surface area contributed by atoms with E-state index in [1.165, 1.54) is 54.4 Å². The van der Waals surface area contributed by atoms with Crippen LogP contribution in [0.5, 0.6) is 0 Å². The summed E-state index contributed by atoms with van der Waals surface area (Å²) in [5.74, 6) is 0.663. The third kappa shape index (κ3) is 2.66. The Bertz CT molecular complexity index is 785. The Morgan fingerprint density at radius 2 is 1.60 bits per heavy atom. The molecule has 2 heterocycles. The van der Waals surface area contributed by atoms with Gasteiger partial charge in [-0.2, -0.15) is 0 Å². The fourth-order valence-electron chi connectivity index (χ4n) is 5.27. The molecule has 25 heavy (non-hydrogen) atoms. The first-order valence-corrected chi connectivity index (χ1v) is 9.87. The monoisotopic (exact) mass is 330 g/mol.